The van der Waals surface area contributed by atoms with Gasteiger partial charge in [0, 0.05) is 0 Å². The van der Waals surface area contributed by atoms with Crippen LogP contribution >= 0.6 is 11.8 Å². The normalized spacial score (nSPS) is 12.6. The first kappa shape index (κ1) is 15.1. The van der Waals surface area contributed by atoms with E-state index < -0.39 is 0 Å². The number of rotatable bonds is 7. The highest BCUT2D eigenvalue weighted by atomic mass is 32.2. The molecule has 2 aromatic carbocycles. The van der Waals surface area contributed by atoms with Gasteiger partial charge in [-0.1, -0.05) is 67.6 Å². The Labute approximate surface area is 126 Å². The third kappa shape index (κ3) is 4.39. The zero-order chi connectivity index (χ0) is 14.2. The molecule has 0 saturated heterocycles. The second kappa shape index (κ2) is 8.13. The van der Waals surface area contributed by atoms with Crippen molar-refractivity contribution in [2.45, 2.75) is 13.0 Å². The van der Waals surface area contributed by atoms with Gasteiger partial charge in [0.25, 0.3) is 0 Å². The van der Waals surface area contributed by atoms with Crippen molar-refractivity contribution < 1.29 is 0 Å². The SMILES string of the molecule is CSCC(C)CNC(c1ccccc1)c1ccccc1. The van der Waals surface area contributed by atoms with Crippen molar-refractivity contribution in [2.75, 3.05) is 18.6 Å². The molecule has 0 amide bonds. The molecule has 2 aromatic rings. The molecule has 1 atom stereocenters. The number of benzene rings is 2. The summed E-state index contributed by atoms with van der Waals surface area (Å²) in [5, 5.41) is 3.72. The summed E-state index contributed by atoms with van der Waals surface area (Å²) < 4.78 is 0. The first-order valence-corrected chi connectivity index (χ1v) is 8.53. The Balaban J connectivity index is 2.13. The quantitative estimate of drug-likeness (QED) is 0.811. The molecule has 0 spiro atoms. The van der Waals surface area contributed by atoms with E-state index in [9.17, 15) is 0 Å². The molecule has 1 unspecified atom stereocenters. The minimum absolute atomic E-state index is 0.279. The largest absolute Gasteiger partial charge is 0.306 e. The molecule has 106 valence electrons. The van der Waals surface area contributed by atoms with Gasteiger partial charge >= 0.3 is 0 Å². The maximum atomic E-state index is 3.72. The second-order valence-electron chi connectivity index (χ2n) is 5.22. The van der Waals surface area contributed by atoms with E-state index >= 15 is 0 Å². The molecule has 2 heteroatoms. The Kier molecular flexibility index (Phi) is 6.16. The molecule has 0 radical (unpaired) electrons. The van der Waals surface area contributed by atoms with Crippen LogP contribution in [-0.4, -0.2) is 18.6 Å². The molecule has 20 heavy (non-hydrogen) atoms. The van der Waals surface area contributed by atoms with Gasteiger partial charge in [-0.2, -0.15) is 11.8 Å². The van der Waals surface area contributed by atoms with Gasteiger partial charge in [-0.25, -0.2) is 0 Å². The fourth-order valence-corrected chi connectivity index (χ4v) is 3.07. The van der Waals surface area contributed by atoms with Gasteiger partial charge in [-0.15, -0.1) is 0 Å². The first-order valence-electron chi connectivity index (χ1n) is 7.13. The molecule has 0 aliphatic rings. The van der Waals surface area contributed by atoms with Crippen molar-refractivity contribution in [3.8, 4) is 0 Å². The lowest BCUT2D eigenvalue weighted by Gasteiger charge is -2.22. The second-order valence-corrected chi connectivity index (χ2v) is 6.13. The Morgan fingerprint density at radius 3 is 1.85 bits per heavy atom. The van der Waals surface area contributed by atoms with Crippen LogP contribution in [0, 0.1) is 5.92 Å². The highest BCUT2D eigenvalue weighted by Gasteiger charge is 2.14. The third-order valence-corrected chi connectivity index (χ3v) is 4.29. The summed E-state index contributed by atoms with van der Waals surface area (Å²) in [6.45, 7) is 3.34. The molecule has 0 bridgehead atoms. The summed E-state index contributed by atoms with van der Waals surface area (Å²) in [7, 11) is 0. The molecule has 1 nitrogen and oxygen atoms in total. The van der Waals surface area contributed by atoms with E-state index in [4.69, 9.17) is 0 Å². The first-order chi connectivity index (χ1) is 9.81. The van der Waals surface area contributed by atoms with Gasteiger partial charge in [0.1, 0.15) is 0 Å². The summed E-state index contributed by atoms with van der Waals surface area (Å²) in [5.41, 5.74) is 2.66. The maximum absolute atomic E-state index is 3.72. The van der Waals surface area contributed by atoms with Gasteiger partial charge in [0.2, 0.25) is 0 Å². The van der Waals surface area contributed by atoms with Crippen LogP contribution in [0.2, 0.25) is 0 Å². The molecule has 0 aliphatic heterocycles. The zero-order valence-corrected chi connectivity index (χ0v) is 13.1. The summed E-state index contributed by atoms with van der Waals surface area (Å²) in [6, 6.07) is 21.7. The van der Waals surface area contributed by atoms with Crippen LogP contribution in [-0.2, 0) is 0 Å². The average Bonchev–Trinajstić information content (AvgIpc) is 2.50. The van der Waals surface area contributed by atoms with Gasteiger partial charge in [0.05, 0.1) is 6.04 Å². The fourth-order valence-electron chi connectivity index (χ4n) is 2.38. The van der Waals surface area contributed by atoms with E-state index in [1.807, 2.05) is 11.8 Å². The monoisotopic (exact) mass is 285 g/mol. The van der Waals surface area contributed by atoms with Crippen molar-refractivity contribution >= 4 is 11.8 Å². The fraction of sp³-hybridized carbons (Fsp3) is 0.333. The van der Waals surface area contributed by atoms with Crippen LogP contribution in [0.1, 0.15) is 24.1 Å². The maximum Gasteiger partial charge on any atom is 0.0576 e. The summed E-state index contributed by atoms with van der Waals surface area (Å²) >= 11 is 1.91. The average molecular weight is 285 g/mol. The van der Waals surface area contributed by atoms with Gasteiger partial charge in [-0.3, -0.25) is 0 Å². The molecule has 0 fully saturated rings. The van der Waals surface area contributed by atoms with E-state index in [1.54, 1.807) is 0 Å². The molecule has 0 aromatic heterocycles. The number of hydrogen-bond acceptors (Lipinski definition) is 2. The van der Waals surface area contributed by atoms with Gasteiger partial charge < -0.3 is 5.32 Å². The standard InChI is InChI=1S/C18H23NS/c1-15(14-20-2)13-19-18(16-9-5-3-6-10-16)17-11-7-4-8-12-17/h3-12,15,18-19H,13-14H2,1-2H3. The molecule has 2 rings (SSSR count). The molecule has 1 N–H and O–H groups in total. The highest BCUT2D eigenvalue weighted by Crippen LogP contribution is 2.22. The summed E-state index contributed by atoms with van der Waals surface area (Å²) in [4.78, 5) is 0. The van der Waals surface area contributed by atoms with Crippen LogP contribution < -0.4 is 5.32 Å². The Morgan fingerprint density at radius 1 is 0.900 bits per heavy atom. The molecule has 0 aliphatic carbocycles. The molecular weight excluding hydrogens is 262 g/mol. The number of thioether (sulfide) groups is 1. The topological polar surface area (TPSA) is 12.0 Å². The van der Waals surface area contributed by atoms with Gasteiger partial charge in [-0.05, 0) is 35.6 Å². The van der Waals surface area contributed by atoms with E-state index in [-0.39, 0.29) is 6.04 Å². The predicted octanol–water partition coefficient (Wildman–Crippen LogP) is 4.36. The van der Waals surface area contributed by atoms with Crippen molar-refractivity contribution in [3.05, 3.63) is 71.8 Å². The lowest BCUT2D eigenvalue weighted by molar-refractivity contribution is 0.518. The van der Waals surface area contributed by atoms with Crippen molar-refractivity contribution in [3.63, 3.8) is 0 Å². The third-order valence-electron chi connectivity index (χ3n) is 3.39. The highest BCUT2D eigenvalue weighted by molar-refractivity contribution is 7.98. The van der Waals surface area contributed by atoms with Crippen LogP contribution in [0.25, 0.3) is 0 Å². The molecule has 0 heterocycles. The van der Waals surface area contributed by atoms with E-state index in [1.165, 1.54) is 16.9 Å². The van der Waals surface area contributed by atoms with Crippen LogP contribution in [0.4, 0.5) is 0 Å². The smallest absolute Gasteiger partial charge is 0.0576 e. The Hall–Kier alpha value is -1.25. The van der Waals surface area contributed by atoms with Crippen LogP contribution in [0.15, 0.2) is 60.7 Å². The van der Waals surface area contributed by atoms with Crippen molar-refractivity contribution in [1.29, 1.82) is 0 Å². The summed E-state index contributed by atoms with van der Waals surface area (Å²) in [6.07, 6.45) is 2.17. The Morgan fingerprint density at radius 2 is 1.40 bits per heavy atom. The van der Waals surface area contributed by atoms with Crippen molar-refractivity contribution in [1.82, 2.24) is 5.32 Å². The Bertz CT molecular complexity index is 444. The predicted molar refractivity (Wildman–Crippen MR) is 90.3 cm³/mol. The summed E-state index contributed by atoms with van der Waals surface area (Å²) in [5.74, 6) is 1.88. The van der Waals surface area contributed by atoms with Crippen molar-refractivity contribution in [2.24, 2.45) is 5.92 Å². The van der Waals surface area contributed by atoms with Crippen LogP contribution in [0.3, 0.4) is 0 Å². The minimum atomic E-state index is 0.279. The number of hydrogen-bond donors (Lipinski definition) is 1. The molecule has 0 saturated carbocycles. The van der Waals surface area contributed by atoms with E-state index in [2.05, 4.69) is 79.2 Å². The zero-order valence-electron chi connectivity index (χ0n) is 12.3. The van der Waals surface area contributed by atoms with E-state index in [0.29, 0.717) is 5.92 Å². The van der Waals surface area contributed by atoms with Gasteiger partial charge in [0.15, 0.2) is 0 Å². The minimum Gasteiger partial charge on any atom is -0.306 e. The molecular formula is C18H23NS. The lowest BCUT2D eigenvalue weighted by atomic mass is 9.98. The van der Waals surface area contributed by atoms with E-state index in [0.717, 1.165) is 6.54 Å². The van der Waals surface area contributed by atoms with Crippen LogP contribution in [0.5, 0.6) is 0 Å². The number of nitrogens with one attached hydrogen (secondary N) is 1. The lowest BCUT2D eigenvalue weighted by Crippen LogP contribution is -2.28.